The summed E-state index contributed by atoms with van der Waals surface area (Å²) in [6.45, 7) is 1.44. The van der Waals surface area contributed by atoms with E-state index in [1.165, 1.54) is 6.92 Å². The molecule has 0 radical (unpaired) electrons. The summed E-state index contributed by atoms with van der Waals surface area (Å²) in [5.41, 5.74) is 5.26. The first-order valence-corrected chi connectivity index (χ1v) is 5.11. The second kappa shape index (κ2) is 4.84. The average Bonchev–Trinajstić information content (AvgIpc) is 2.13. The van der Waals surface area contributed by atoms with Crippen molar-refractivity contribution in [3.05, 3.63) is 27.3 Å². The van der Waals surface area contributed by atoms with Crippen molar-refractivity contribution in [3.63, 3.8) is 0 Å². The molecular weight excluding hydrogens is 319 g/mol. The number of nitrogens with two attached hydrogens (primary N) is 1. The van der Waals surface area contributed by atoms with E-state index in [1.807, 2.05) is 0 Å². The summed E-state index contributed by atoms with van der Waals surface area (Å²) in [5.74, 6) is -2.78. The second-order valence-electron chi connectivity index (χ2n) is 2.91. The maximum absolute atomic E-state index is 12.8. The Balaban J connectivity index is 2.96. The van der Waals surface area contributed by atoms with Gasteiger partial charge in [0.05, 0.1) is 3.57 Å². The summed E-state index contributed by atoms with van der Waals surface area (Å²) < 4.78 is 30.6. The number of carbonyl (C=O) groups excluding carboxylic acids is 1. The molecule has 0 amide bonds. The topological polar surface area (TPSA) is 52.3 Å². The van der Waals surface area contributed by atoms with Gasteiger partial charge in [0.1, 0.15) is 11.8 Å². The van der Waals surface area contributed by atoms with Crippen molar-refractivity contribution < 1.29 is 18.3 Å². The van der Waals surface area contributed by atoms with E-state index in [4.69, 9.17) is 10.5 Å². The van der Waals surface area contributed by atoms with E-state index < -0.39 is 23.6 Å². The van der Waals surface area contributed by atoms with Crippen molar-refractivity contribution >= 4 is 28.6 Å². The molecule has 1 aromatic rings. The van der Waals surface area contributed by atoms with Crippen molar-refractivity contribution in [2.45, 2.75) is 13.0 Å². The van der Waals surface area contributed by atoms with Crippen LogP contribution in [0.15, 0.2) is 12.1 Å². The number of ether oxygens (including phenoxy) is 1. The van der Waals surface area contributed by atoms with Crippen LogP contribution in [0, 0.1) is 15.2 Å². The number of benzene rings is 1. The van der Waals surface area contributed by atoms with E-state index in [2.05, 4.69) is 0 Å². The fraction of sp³-hybridized carbons (Fsp3) is 0.222. The first-order valence-electron chi connectivity index (χ1n) is 4.03. The van der Waals surface area contributed by atoms with E-state index in [9.17, 15) is 13.6 Å². The minimum atomic E-state index is -1.07. The minimum Gasteiger partial charge on any atom is -0.424 e. The summed E-state index contributed by atoms with van der Waals surface area (Å²) in [7, 11) is 0. The van der Waals surface area contributed by atoms with Gasteiger partial charge in [-0.05, 0) is 35.6 Å². The zero-order chi connectivity index (χ0) is 11.6. The highest BCUT2D eigenvalue weighted by Crippen LogP contribution is 2.24. The van der Waals surface area contributed by atoms with Gasteiger partial charge in [-0.2, -0.15) is 0 Å². The standard InChI is InChI=1S/C9H8F2INO2/c1-4(13)9(14)15-8-3-6(11)5(10)2-7(8)12/h2-4H,13H2,1H3/t4-/m0/s1. The fourth-order valence-corrected chi connectivity index (χ4v) is 1.32. The highest BCUT2D eigenvalue weighted by atomic mass is 127. The lowest BCUT2D eigenvalue weighted by Crippen LogP contribution is -2.31. The molecule has 0 aliphatic rings. The van der Waals surface area contributed by atoms with Crippen LogP contribution in [0.5, 0.6) is 5.75 Å². The third-order valence-electron chi connectivity index (χ3n) is 1.56. The van der Waals surface area contributed by atoms with Crippen molar-refractivity contribution in [3.8, 4) is 5.75 Å². The fourth-order valence-electron chi connectivity index (χ4n) is 0.784. The van der Waals surface area contributed by atoms with Crippen molar-refractivity contribution in [1.82, 2.24) is 0 Å². The number of hydrogen-bond donors (Lipinski definition) is 1. The van der Waals surface area contributed by atoms with Gasteiger partial charge < -0.3 is 10.5 Å². The number of esters is 1. The molecule has 1 rings (SSSR count). The van der Waals surface area contributed by atoms with Gasteiger partial charge in [0.25, 0.3) is 0 Å². The molecule has 6 heteroatoms. The average molecular weight is 327 g/mol. The molecule has 0 aliphatic carbocycles. The molecule has 0 fully saturated rings. The first kappa shape index (κ1) is 12.3. The van der Waals surface area contributed by atoms with Crippen LogP contribution in [0.3, 0.4) is 0 Å². The van der Waals surface area contributed by atoms with E-state index in [1.54, 1.807) is 22.6 Å². The number of hydrogen-bond acceptors (Lipinski definition) is 3. The molecule has 82 valence electrons. The largest absolute Gasteiger partial charge is 0.424 e. The minimum absolute atomic E-state index is 0.0307. The summed E-state index contributed by atoms with van der Waals surface area (Å²) in [6, 6.07) is 0.950. The molecule has 0 spiro atoms. The van der Waals surface area contributed by atoms with E-state index in [0.717, 1.165) is 12.1 Å². The Morgan fingerprint density at radius 2 is 2.00 bits per heavy atom. The van der Waals surface area contributed by atoms with Gasteiger partial charge in [-0.1, -0.05) is 0 Å². The number of halogens is 3. The normalized spacial score (nSPS) is 12.3. The van der Waals surface area contributed by atoms with Gasteiger partial charge in [-0.15, -0.1) is 0 Å². The van der Waals surface area contributed by atoms with Crippen LogP contribution in [0.2, 0.25) is 0 Å². The van der Waals surface area contributed by atoms with Crippen LogP contribution in [-0.4, -0.2) is 12.0 Å². The molecule has 3 nitrogen and oxygen atoms in total. The lowest BCUT2D eigenvalue weighted by Gasteiger charge is -2.08. The number of carbonyl (C=O) groups is 1. The smallest absolute Gasteiger partial charge is 0.328 e. The van der Waals surface area contributed by atoms with Gasteiger partial charge in [-0.25, -0.2) is 13.6 Å². The molecule has 15 heavy (non-hydrogen) atoms. The third kappa shape index (κ3) is 3.10. The lowest BCUT2D eigenvalue weighted by molar-refractivity contribution is -0.135. The third-order valence-corrected chi connectivity index (χ3v) is 2.40. The Labute approximate surface area is 98.7 Å². The number of rotatable bonds is 2. The van der Waals surface area contributed by atoms with Crippen molar-refractivity contribution in [2.75, 3.05) is 0 Å². The zero-order valence-electron chi connectivity index (χ0n) is 7.76. The predicted molar refractivity (Wildman–Crippen MR) is 58.4 cm³/mol. The summed E-state index contributed by atoms with van der Waals surface area (Å²) in [4.78, 5) is 11.1. The predicted octanol–water partition coefficient (Wildman–Crippen LogP) is 1.82. The molecule has 0 aromatic heterocycles. The van der Waals surface area contributed by atoms with E-state index >= 15 is 0 Å². The molecule has 1 aromatic carbocycles. The summed E-state index contributed by atoms with van der Waals surface area (Å²) in [6.07, 6.45) is 0. The SMILES string of the molecule is C[C@H](N)C(=O)Oc1cc(F)c(F)cc1I. The monoisotopic (exact) mass is 327 g/mol. The lowest BCUT2D eigenvalue weighted by atomic mass is 10.3. The summed E-state index contributed by atoms with van der Waals surface area (Å²) in [5, 5.41) is 0. The molecular formula is C9H8F2INO2. The molecule has 0 unspecified atom stereocenters. The Morgan fingerprint density at radius 3 is 2.53 bits per heavy atom. The quantitative estimate of drug-likeness (QED) is 0.390. The van der Waals surface area contributed by atoms with Gasteiger partial charge in [0, 0.05) is 6.07 Å². The first-order chi connectivity index (χ1) is 6.91. The van der Waals surface area contributed by atoms with E-state index in [-0.39, 0.29) is 5.75 Å². The van der Waals surface area contributed by atoms with Gasteiger partial charge in [0.15, 0.2) is 11.6 Å². The zero-order valence-corrected chi connectivity index (χ0v) is 9.92. The second-order valence-corrected chi connectivity index (χ2v) is 4.07. The van der Waals surface area contributed by atoms with Gasteiger partial charge in [-0.3, -0.25) is 0 Å². The molecule has 0 saturated carbocycles. The Hall–Kier alpha value is -0.760. The van der Waals surface area contributed by atoms with Crippen LogP contribution in [0.25, 0.3) is 0 Å². The van der Waals surface area contributed by atoms with Crippen LogP contribution in [0.1, 0.15) is 6.92 Å². The molecule has 1 atom stereocenters. The molecule has 0 heterocycles. The van der Waals surface area contributed by atoms with Crippen LogP contribution in [0.4, 0.5) is 8.78 Å². The van der Waals surface area contributed by atoms with Crippen molar-refractivity contribution in [1.29, 1.82) is 0 Å². The van der Waals surface area contributed by atoms with E-state index in [0.29, 0.717) is 3.57 Å². The maximum Gasteiger partial charge on any atom is 0.328 e. The van der Waals surface area contributed by atoms with Crippen molar-refractivity contribution in [2.24, 2.45) is 5.73 Å². The van der Waals surface area contributed by atoms with Crippen LogP contribution < -0.4 is 10.5 Å². The Morgan fingerprint density at radius 1 is 1.47 bits per heavy atom. The molecule has 0 saturated heterocycles. The highest BCUT2D eigenvalue weighted by molar-refractivity contribution is 14.1. The summed E-state index contributed by atoms with van der Waals surface area (Å²) >= 11 is 1.73. The van der Waals surface area contributed by atoms with Crippen LogP contribution >= 0.6 is 22.6 Å². The molecule has 0 bridgehead atoms. The molecule has 0 aliphatic heterocycles. The molecule has 2 N–H and O–H groups in total. The Kier molecular flexibility index (Phi) is 3.97. The van der Waals surface area contributed by atoms with Gasteiger partial charge >= 0.3 is 5.97 Å². The van der Waals surface area contributed by atoms with Gasteiger partial charge in [0.2, 0.25) is 0 Å². The van der Waals surface area contributed by atoms with Crippen LogP contribution in [-0.2, 0) is 4.79 Å². The highest BCUT2D eigenvalue weighted by Gasteiger charge is 2.15. The maximum atomic E-state index is 12.8. The Bertz CT molecular complexity index is 396.